The molecule has 1 aliphatic heterocycles. The van der Waals surface area contributed by atoms with Crippen LogP contribution in [0.4, 0.5) is 9.18 Å². The SMILES string of the molecule is CC(C)(C)OC(=O)N1C(c2nccs2)=NC(C)(c2ccc(F)cc2)C(Br)=C1CBr. The van der Waals surface area contributed by atoms with Crippen molar-refractivity contribution in [3.63, 3.8) is 0 Å². The molecular weight excluding hydrogens is 525 g/mol. The molecule has 0 fully saturated rings. The van der Waals surface area contributed by atoms with Crippen molar-refractivity contribution in [3.05, 3.63) is 62.4 Å². The third-order valence-corrected chi connectivity index (χ3v) is 6.75. The summed E-state index contributed by atoms with van der Waals surface area (Å²) in [5.41, 5.74) is -0.114. The second-order valence-corrected chi connectivity index (χ2v) is 9.81. The number of ether oxygens (including phenoxy) is 1. The van der Waals surface area contributed by atoms with Gasteiger partial charge in [-0.05, 0) is 45.4 Å². The van der Waals surface area contributed by atoms with E-state index in [1.54, 1.807) is 18.3 Å². The van der Waals surface area contributed by atoms with Gasteiger partial charge in [0, 0.05) is 21.4 Å². The number of alkyl halides is 1. The maximum Gasteiger partial charge on any atom is 0.420 e. The van der Waals surface area contributed by atoms with Crippen molar-refractivity contribution in [2.45, 2.75) is 38.8 Å². The lowest BCUT2D eigenvalue weighted by atomic mass is 9.90. The molecule has 0 radical (unpaired) electrons. The Morgan fingerprint density at radius 3 is 2.48 bits per heavy atom. The highest BCUT2D eigenvalue weighted by Gasteiger charge is 2.43. The molecule has 2 aromatic rings. The molecule has 3 rings (SSSR count). The average Bonchev–Trinajstić information content (AvgIpc) is 3.17. The van der Waals surface area contributed by atoms with Gasteiger partial charge in [-0.1, -0.05) is 44.0 Å². The predicted octanol–water partition coefficient (Wildman–Crippen LogP) is 6.20. The van der Waals surface area contributed by atoms with Crippen LogP contribution >= 0.6 is 43.2 Å². The molecule has 29 heavy (non-hydrogen) atoms. The fourth-order valence-electron chi connectivity index (χ4n) is 2.88. The number of benzene rings is 1. The van der Waals surface area contributed by atoms with Gasteiger partial charge in [0.15, 0.2) is 10.8 Å². The molecule has 0 N–H and O–H groups in total. The minimum atomic E-state index is -0.865. The number of aliphatic imine (C=N–C) groups is 1. The average molecular weight is 545 g/mol. The van der Waals surface area contributed by atoms with Gasteiger partial charge in [0.1, 0.15) is 17.0 Å². The molecule has 1 unspecified atom stereocenters. The number of aromatic nitrogens is 1. The van der Waals surface area contributed by atoms with Crippen LogP contribution in [-0.2, 0) is 10.3 Å². The summed E-state index contributed by atoms with van der Waals surface area (Å²) in [7, 11) is 0. The van der Waals surface area contributed by atoms with Gasteiger partial charge in [-0.3, -0.25) is 0 Å². The van der Waals surface area contributed by atoms with Gasteiger partial charge < -0.3 is 4.74 Å². The molecule has 1 aromatic carbocycles. The van der Waals surface area contributed by atoms with Gasteiger partial charge >= 0.3 is 6.09 Å². The van der Waals surface area contributed by atoms with Crippen molar-refractivity contribution in [2.24, 2.45) is 4.99 Å². The normalized spacial score (nSPS) is 20.0. The standard InChI is InChI=1S/C20H20Br2FN3O2S/c1-19(2,3)28-18(27)26-14(11-21)15(22)20(4,12-5-7-13(23)8-6-12)25-16(26)17-24-9-10-29-17/h5-10H,11H2,1-4H3. The number of halogens is 3. The molecule has 2 heterocycles. The van der Waals surface area contributed by atoms with E-state index >= 15 is 0 Å². The van der Waals surface area contributed by atoms with E-state index in [9.17, 15) is 9.18 Å². The Labute approximate surface area is 189 Å². The first-order valence-electron chi connectivity index (χ1n) is 8.81. The molecule has 5 nitrogen and oxygen atoms in total. The number of allylic oxidation sites excluding steroid dienone is 1. The lowest BCUT2D eigenvalue weighted by molar-refractivity contribution is 0.0408. The van der Waals surface area contributed by atoms with Crippen molar-refractivity contribution in [1.82, 2.24) is 9.88 Å². The molecule has 0 spiro atoms. The smallest absolute Gasteiger partial charge is 0.420 e. The van der Waals surface area contributed by atoms with E-state index in [0.29, 0.717) is 26.4 Å². The summed E-state index contributed by atoms with van der Waals surface area (Å²) in [6.07, 6.45) is 1.12. The van der Waals surface area contributed by atoms with Crippen LogP contribution in [0.3, 0.4) is 0 Å². The van der Waals surface area contributed by atoms with Crippen LogP contribution in [0.15, 0.2) is 51.0 Å². The molecule has 9 heteroatoms. The van der Waals surface area contributed by atoms with E-state index in [1.165, 1.54) is 28.4 Å². The predicted molar refractivity (Wildman–Crippen MR) is 120 cm³/mol. The number of nitrogens with zero attached hydrogens (tertiary/aromatic N) is 3. The van der Waals surface area contributed by atoms with Gasteiger partial charge in [0.05, 0.1) is 5.70 Å². The lowest BCUT2D eigenvalue weighted by Crippen LogP contribution is -2.46. The van der Waals surface area contributed by atoms with E-state index in [1.807, 2.05) is 33.1 Å². The summed E-state index contributed by atoms with van der Waals surface area (Å²) in [6, 6.07) is 6.17. The monoisotopic (exact) mass is 543 g/mol. The van der Waals surface area contributed by atoms with Gasteiger partial charge in [-0.2, -0.15) is 0 Å². The fourth-order valence-corrected chi connectivity index (χ4v) is 5.04. The number of thiazole rings is 1. The zero-order valence-corrected chi connectivity index (χ0v) is 20.4. The first kappa shape index (κ1) is 22.1. The maximum absolute atomic E-state index is 13.5. The molecule has 0 saturated heterocycles. The first-order valence-corrected chi connectivity index (χ1v) is 11.6. The highest BCUT2D eigenvalue weighted by molar-refractivity contribution is 9.12. The second kappa shape index (κ2) is 8.28. The number of carbonyl (C=O) groups is 1. The Balaban J connectivity index is 2.20. The van der Waals surface area contributed by atoms with E-state index in [2.05, 4.69) is 36.8 Å². The molecule has 1 atom stereocenters. The Kier molecular flexibility index (Phi) is 6.31. The van der Waals surface area contributed by atoms with Crippen molar-refractivity contribution >= 4 is 55.1 Å². The zero-order valence-electron chi connectivity index (χ0n) is 16.4. The third-order valence-electron chi connectivity index (χ3n) is 4.22. The highest BCUT2D eigenvalue weighted by atomic mass is 79.9. The van der Waals surface area contributed by atoms with Crippen molar-refractivity contribution in [1.29, 1.82) is 0 Å². The zero-order chi connectivity index (χ0) is 21.4. The molecule has 0 bridgehead atoms. The van der Waals surface area contributed by atoms with Crippen molar-refractivity contribution in [3.8, 4) is 0 Å². The molecule has 0 aliphatic carbocycles. The number of rotatable bonds is 3. The number of amides is 1. The number of hydrogen-bond acceptors (Lipinski definition) is 5. The van der Waals surface area contributed by atoms with E-state index < -0.39 is 17.2 Å². The summed E-state index contributed by atoms with van der Waals surface area (Å²) < 4.78 is 19.8. The van der Waals surface area contributed by atoms with Gasteiger partial charge in [0.2, 0.25) is 0 Å². The lowest BCUT2D eigenvalue weighted by Gasteiger charge is -2.38. The molecule has 1 amide bonds. The highest BCUT2D eigenvalue weighted by Crippen LogP contribution is 2.44. The van der Waals surface area contributed by atoms with Gasteiger partial charge in [-0.15, -0.1) is 11.3 Å². The van der Waals surface area contributed by atoms with Crippen LogP contribution in [0.25, 0.3) is 0 Å². The minimum absolute atomic E-state index is 0.325. The van der Waals surface area contributed by atoms with Crippen LogP contribution < -0.4 is 0 Å². The molecule has 1 aliphatic rings. The van der Waals surface area contributed by atoms with Crippen LogP contribution in [0.5, 0.6) is 0 Å². The summed E-state index contributed by atoms with van der Waals surface area (Å²) in [5, 5.41) is 2.78. The van der Waals surface area contributed by atoms with Crippen LogP contribution in [0, 0.1) is 5.82 Å². The number of amidine groups is 1. The van der Waals surface area contributed by atoms with Crippen LogP contribution in [0.1, 0.15) is 38.3 Å². The topological polar surface area (TPSA) is 54.8 Å². The van der Waals surface area contributed by atoms with Gasteiger partial charge in [-0.25, -0.2) is 24.1 Å². The van der Waals surface area contributed by atoms with E-state index in [4.69, 9.17) is 9.73 Å². The molecule has 0 saturated carbocycles. The maximum atomic E-state index is 13.5. The van der Waals surface area contributed by atoms with Gasteiger partial charge in [0.25, 0.3) is 0 Å². The van der Waals surface area contributed by atoms with E-state index in [-0.39, 0.29) is 5.82 Å². The molecular formula is C20H20Br2FN3O2S. The quantitative estimate of drug-likeness (QED) is 0.432. The second-order valence-electron chi connectivity index (χ2n) is 7.56. The summed E-state index contributed by atoms with van der Waals surface area (Å²) in [5.74, 6) is 0.0622. The van der Waals surface area contributed by atoms with Crippen molar-refractivity contribution in [2.75, 3.05) is 5.33 Å². The summed E-state index contributed by atoms with van der Waals surface area (Å²) >= 11 is 8.53. The number of carbonyl (C=O) groups excluding carboxylic acids is 1. The molecule has 154 valence electrons. The Morgan fingerprint density at radius 2 is 1.97 bits per heavy atom. The van der Waals surface area contributed by atoms with Crippen molar-refractivity contribution < 1.29 is 13.9 Å². The molecule has 1 aromatic heterocycles. The summed E-state index contributed by atoms with van der Waals surface area (Å²) in [6.45, 7) is 7.34. The fraction of sp³-hybridized carbons (Fsp3) is 0.350. The van der Waals surface area contributed by atoms with Crippen LogP contribution in [0.2, 0.25) is 0 Å². The Morgan fingerprint density at radius 1 is 1.31 bits per heavy atom. The Bertz CT molecular complexity index is 969. The van der Waals surface area contributed by atoms with E-state index in [0.717, 1.165) is 5.56 Å². The minimum Gasteiger partial charge on any atom is -0.443 e. The Hall–Kier alpha value is -1.58. The third kappa shape index (κ3) is 4.46. The van der Waals surface area contributed by atoms with Crippen LogP contribution in [-0.4, -0.2) is 32.7 Å². The largest absolute Gasteiger partial charge is 0.443 e. The summed E-state index contributed by atoms with van der Waals surface area (Å²) in [4.78, 5) is 23.8. The first-order chi connectivity index (χ1) is 13.6. The number of hydrogen-bond donors (Lipinski definition) is 0.